The third-order valence-electron chi connectivity index (χ3n) is 4.35. The number of H-pyrrole nitrogens is 1. The Morgan fingerprint density at radius 1 is 1.46 bits per heavy atom. The minimum atomic E-state index is -0.422. The molecule has 0 bridgehead atoms. The van der Waals surface area contributed by atoms with E-state index in [2.05, 4.69) is 20.3 Å². The fraction of sp³-hybridized carbons (Fsp3) is 0.333. The van der Waals surface area contributed by atoms with Gasteiger partial charge in [-0.1, -0.05) is 17.8 Å². The molecule has 10 heteroatoms. The number of ether oxygens (including phenoxy) is 1. The van der Waals surface area contributed by atoms with E-state index in [1.165, 1.54) is 36.3 Å². The molecule has 8 nitrogen and oxygen atoms in total. The molecule has 28 heavy (non-hydrogen) atoms. The topological polar surface area (TPSA) is 102 Å². The minimum absolute atomic E-state index is 0.0268. The number of aromatic amines is 1. The standard InChI is InChI=1S/C18H18FN5O3S/c19-11-3-1-4-12(7-11)22-14(25)9-28-18-23-15-16(20-10-21-17(15)26)24(18)8-13-5-2-6-27-13/h1,3-4,7,10,13H,2,5-6,8-9H2,(H,22,25)(H,20,21,26). The molecule has 0 radical (unpaired) electrons. The Kier molecular flexibility index (Phi) is 5.40. The Morgan fingerprint density at radius 2 is 2.36 bits per heavy atom. The number of hydrogen-bond donors (Lipinski definition) is 2. The van der Waals surface area contributed by atoms with Gasteiger partial charge in [-0.05, 0) is 31.0 Å². The van der Waals surface area contributed by atoms with Gasteiger partial charge in [0.15, 0.2) is 16.3 Å². The number of nitrogens with zero attached hydrogens (tertiary/aromatic N) is 3. The van der Waals surface area contributed by atoms with Crippen LogP contribution in [0.4, 0.5) is 10.1 Å². The van der Waals surface area contributed by atoms with Crippen molar-refractivity contribution in [1.29, 1.82) is 0 Å². The largest absolute Gasteiger partial charge is 0.376 e. The van der Waals surface area contributed by atoms with Crippen LogP contribution in [0.3, 0.4) is 0 Å². The van der Waals surface area contributed by atoms with Crippen molar-refractivity contribution in [1.82, 2.24) is 19.5 Å². The van der Waals surface area contributed by atoms with E-state index in [1.807, 2.05) is 4.57 Å². The molecule has 1 fully saturated rings. The number of anilines is 1. The second-order valence-electron chi connectivity index (χ2n) is 6.39. The summed E-state index contributed by atoms with van der Waals surface area (Å²) in [6.45, 7) is 1.23. The van der Waals surface area contributed by atoms with Crippen molar-refractivity contribution in [2.45, 2.75) is 30.6 Å². The van der Waals surface area contributed by atoms with Crippen LogP contribution in [0.1, 0.15) is 12.8 Å². The van der Waals surface area contributed by atoms with Gasteiger partial charge in [-0.2, -0.15) is 0 Å². The summed E-state index contributed by atoms with van der Waals surface area (Å²) in [5, 5.41) is 3.16. The number of amides is 1. The fourth-order valence-corrected chi connectivity index (χ4v) is 3.89. The number of carbonyl (C=O) groups excluding carboxylic acids is 1. The molecule has 0 aliphatic carbocycles. The SMILES string of the molecule is O=C(CSc1nc2c(=O)[nH]cnc2n1CC1CCCO1)Nc1cccc(F)c1. The lowest BCUT2D eigenvalue weighted by molar-refractivity contribution is -0.113. The molecule has 146 valence electrons. The molecule has 2 aromatic heterocycles. The monoisotopic (exact) mass is 403 g/mol. The minimum Gasteiger partial charge on any atom is -0.376 e. The Hall–Kier alpha value is -2.72. The van der Waals surface area contributed by atoms with E-state index in [9.17, 15) is 14.0 Å². The number of fused-ring (bicyclic) bond motifs is 1. The lowest BCUT2D eigenvalue weighted by Gasteiger charge is -2.13. The normalized spacial score (nSPS) is 16.5. The van der Waals surface area contributed by atoms with E-state index in [0.29, 0.717) is 29.6 Å². The quantitative estimate of drug-likeness (QED) is 0.612. The first-order chi connectivity index (χ1) is 13.6. The Bertz CT molecular complexity index is 1060. The Balaban J connectivity index is 1.52. The molecule has 1 saturated heterocycles. The lowest BCUT2D eigenvalue weighted by Crippen LogP contribution is -2.18. The smallest absolute Gasteiger partial charge is 0.278 e. The first-order valence-corrected chi connectivity index (χ1v) is 9.82. The number of hydrogen-bond acceptors (Lipinski definition) is 6. The first-order valence-electron chi connectivity index (χ1n) is 8.84. The van der Waals surface area contributed by atoms with Crippen molar-refractivity contribution in [3.8, 4) is 0 Å². The number of imidazole rings is 1. The summed E-state index contributed by atoms with van der Waals surface area (Å²) in [4.78, 5) is 35.4. The van der Waals surface area contributed by atoms with Crippen LogP contribution in [0, 0.1) is 5.82 Å². The van der Waals surface area contributed by atoms with Gasteiger partial charge in [0, 0.05) is 12.3 Å². The molecule has 1 unspecified atom stereocenters. The van der Waals surface area contributed by atoms with E-state index < -0.39 is 5.82 Å². The van der Waals surface area contributed by atoms with Gasteiger partial charge in [0.2, 0.25) is 5.91 Å². The van der Waals surface area contributed by atoms with Gasteiger partial charge in [-0.25, -0.2) is 14.4 Å². The predicted molar refractivity (Wildman–Crippen MR) is 103 cm³/mol. The van der Waals surface area contributed by atoms with Crippen molar-refractivity contribution in [3.05, 3.63) is 46.8 Å². The van der Waals surface area contributed by atoms with Crippen LogP contribution in [-0.2, 0) is 16.1 Å². The van der Waals surface area contributed by atoms with Gasteiger partial charge in [-0.3, -0.25) is 9.59 Å². The Morgan fingerprint density at radius 3 is 3.14 bits per heavy atom. The summed E-state index contributed by atoms with van der Waals surface area (Å²) in [5.41, 5.74) is 0.750. The summed E-state index contributed by atoms with van der Waals surface area (Å²) >= 11 is 1.19. The maximum absolute atomic E-state index is 13.2. The molecule has 1 atom stereocenters. The summed E-state index contributed by atoms with van der Waals surface area (Å²) in [6.07, 6.45) is 3.28. The zero-order valence-corrected chi connectivity index (χ0v) is 15.7. The van der Waals surface area contributed by atoms with Crippen LogP contribution < -0.4 is 10.9 Å². The van der Waals surface area contributed by atoms with Crippen LogP contribution in [0.2, 0.25) is 0 Å². The van der Waals surface area contributed by atoms with Crippen LogP contribution in [0.15, 0.2) is 40.5 Å². The molecule has 1 aromatic carbocycles. The average molecular weight is 403 g/mol. The summed E-state index contributed by atoms with van der Waals surface area (Å²) < 4.78 is 20.8. The van der Waals surface area contributed by atoms with E-state index in [4.69, 9.17) is 4.74 Å². The van der Waals surface area contributed by atoms with Gasteiger partial charge < -0.3 is 19.6 Å². The number of nitrogens with one attached hydrogen (secondary N) is 2. The van der Waals surface area contributed by atoms with Crippen LogP contribution in [0.5, 0.6) is 0 Å². The maximum Gasteiger partial charge on any atom is 0.278 e. The van der Waals surface area contributed by atoms with Crippen molar-refractivity contribution in [3.63, 3.8) is 0 Å². The molecule has 1 aliphatic rings. The third-order valence-corrected chi connectivity index (χ3v) is 5.33. The average Bonchev–Trinajstić information content (AvgIpc) is 3.30. The van der Waals surface area contributed by atoms with E-state index >= 15 is 0 Å². The molecule has 0 spiro atoms. The Labute approximate surface area is 163 Å². The van der Waals surface area contributed by atoms with E-state index in [1.54, 1.807) is 6.07 Å². The van der Waals surface area contributed by atoms with Gasteiger partial charge in [0.25, 0.3) is 5.56 Å². The van der Waals surface area contributed by atoms with Gasteiger partial charge >= 0.3 is 0 Å². The van der Waals surface area contributed by atoms with Crippen molar-refractivity contribution in [2.75, 3.05) is 17.7 Å². The number of rotatable bonds is 6. The summed E-state index contributed by atoms with van der Waals surface area (Å²) in [7, 11) is 0. The molecule has 1 amide bonds. The molecule has 3 heterocycles. The first kappa shape index (κ1) is 18.6. The molecule has 0 saturated carbocycles. The zero-order chi connectivity index (χ0) is 19.5. The third kappa shape index (κ3) is 4.07. The molecule has 2 N–H and O–H groups in total. The highest BCUT2D eigenvalue weighted by atomic mass is 32.2. The molecule has 4 rings (SSSR count). The second-order valence-corrected chi connectivity index (χ2v) is 7.33. The van der Waals surface area contributed by atoms with Crippen molar-refractivity contribution < 1.29 is 13.9 Å². The molecular formula is C18H18FN5O3S. The molecule has 3 aromatic rings. The number of thioether (sulfide) groups is 1. The van der Waals surface area contributed by atoms with Gasteiger partial charge in [-0.15, -0.1) is 0 Å². The highest BCUT2D eigenvalue weighted by molar-refractivity contribution is 7.99. The fourth-order valence-electron chi connectivity index (χ4n) is 3.09. The molecule has 1 aliphatic heterocycles. The van der Waals surface area contributed by atoms with E-state index in [0.717, 1.165) is 12.8 Å². The van der Waals surface area contributed by atoms with Gasteiger partial charge in [0.1, 0.15) is 5.82 Å². The maximum atomic E-state index is 13.2. The van der Waals surface area contributed by atoms with Crippen LogP contribution >= 0.6 is 11.8 Å². The lowest BCUT2D eigenvalue weighted by atomic mass is 10.2. The van der Waals surface area contributed by atoms with Gasteiger partial charge in [0.05, 0.1) is 24.7 Å². The van der Waals surface area contributed by atoms with E-state index in [-0.39, 0.29) is 28.8 Å². The summed E-state index contributed by atoms with van der Waals surface area (Å²) in [6, 6.07) is 5.69. The van der Waals surface area contributed by atoms with Crippen molar-refractivity contribution in [2.24, 2.45) is 0 Å². The second kappa shape index (κ2) is 8.11. The number of halogens is 1. The highest BCUT2D eigenvalue weighted by Gasteiger charge is 2.22. The van der Waals surface area contributed by atoms with Crippen molar-refractivity contribution >= 4 is 34.5 Å². The number of benzene rings is 1. The zero-order valence-electron chi connectivity index (χ0n) is 14.9. The highest BCUT2D eigenvalue weighted by Crippen LogP contribution is 2.24. The van der Waals surface area contributed by atoms with Crippen LogP contribution in [-0.4, -0.2) is 43.9 Å². The van der Waals surface area contributed by atoms with Crippen LogP contribution in [0.25, 0.3) is 11.2 Å². The molecular weight excluding hydrogens is 385 g/mol. The number of carbonyl (C=O) groups is 1. The number of aromatic nitrogens is 4. The summed E-state index contributed by atoms with van der Waals surface area (Å²) in [5.74, 6) is -0.661. The predicted octanol–water partition coefficient (Wildman–Crippen LogP) is 2.17.